The van der Waals surface area contributed by atoms with Crippen LogP contribution in [0, 0.1) is 17.2 Å². The fraction of sp³-hybridized carbons (Fsp3) is 0.393. The van der Waals surface area contributed by atoms with Crippen molar-refractivity contribution in [2.45, 2.75) is 52.2 Å². The molecule has 3 aromatic rings. The molecule has 1 aliphatic heterocycles. The van der Waals surface area contributed by atoms with E-state index in [0.717, 1.165) is 49.0 Å². The molecular weight excluding hydrogens is 410 g/mol. The fourth-order valence-corrected chi connectivity index (χ4v) is 4.49. The molecule has 0 aliphatic carbocycles. The zero-order valence-electron chi connectivity index (χ0n) is 19.7. The van der Waals surface area contributed by atoms with Crippen molar-refractivity contribution in [2.75, 3.05) is 13.1 Å². The van der Waals surface area contributed by atoms with Crippen LogP contribution in [0.15, 0.2) is 54.9 Å². The number of benzene rings is 2. The lowest BCUT2D eigenvalue weighted by atomic mass is 9.93. The number of esters is 1. The first-order valence-electron chi connectivity index (χ1n) is 11.6. The summed E-state index contributed by atoms with van der Waals surface area (Å²) in [6.07, 6.45) is 6.35. The van der Waals surface area contributed by atoms with Crippen molar-refractivity contribution in [1.82, 2.24) is 9.88 Å². The van der Waals surface area contributed by atoms with E-state index in [2.05, 4.69) is 34.2 Å². The molecule has 1 saturated heterocycles. The minimum absolute atomic E-state index is 0.0839. The average Bonchev–Trinajstić information content (AvgIpc) is 2.79. The maximum absolute atomic E-state index is 12.2. The van der Waals surface area contributed by atoms with E-state index in [0.29, 0.717) is 17.9 Å². The van der Waals surface area contributed by atoms with Crippen LogP contribution >= 0.6 is 0 Å². The van der Waals surface area contributed by atoms with Gasteiger partial charge in [0.15, 0.2) is 0 Å². The zero-order chi connectivity index (χ0) is 23.4. The standard InChI is InChI=1S/C28H31N3O2/c1-28(2,3)33-27(32)15-20-10-12-31(13-11-20)19-22-6-9-24-17-30-18-26(25(24)14-22)23-7-4-21(16-29)5-8-23/h4-9,14,17-18,20H,10-13,15,19H2,1-3H3. The van der Waals surface area contributed by atoms with E-state index >= 15 is 0 Å². The minimum Gasteiger partial charge on any atom is -0.460 e. The molecule has 1 aromatic heterocycles. The number of fused-ring (bicyclic) bond motifs is 1. The van der Waals surface area contributed by atoms with Crippen LogP contribution in [0.3, 0.4) is 0 Å². The number of likely N-dealkylation sites (tertiary alicyclic amines) is 1. The third kappa shape index (κ3) is 5.97. The number of nitriles is 1. The summed E-state index contributed by atoms with van der Waals surface area (Å²) in [5.74, 6) is 0.321. The molecule has 0 atom stereocenters. The Morgan fingerprint density at radius 3 is 2.52 bits per heavy atom. The molecule has 4 rings (SSSR count). The van der Waals surface area contributed by atoms with Crippen LogP contribution in [-0.2, 0) is 16.1 Å². The predicted octanol–water partition coefficient (Wildman–Crippen LogP) is 5.72. The molecule has 5 heteroatoms. The monoisotopic (exact) mass is 441 g/mol. The van der Waals surface area contributed by atoms with Gasteiger partial charge < -0.3 is 4.74 Å². The van der Waals surface area contributed by atoms with Gasteiger partial charge in [-0.2, -0.15) is 5.26 Å². The van der Waals surface area contributed by atoms with Gasteiger partial charge in [-0.15, -0.1) is 0 Å². The number of piperidine rings is 1. The molecule has 2 heterocycles. The van der Waals surface area contributed by atoms with Crippen LogP contribution < -0.4 is 0 Å². The third-order valence-electron chi connectivity index (χ3n) is 6.14. The number of carbonyl (C=O) groups excluding carboxylic acids is 1. The van der Waals surface area contributed by atoms with Crippen molar-refractivity contribution in [2.24, 2.45) is 5.92 Å². The van der Waals surface area contributed by atoms with Gasteiger partial charge >= 0.3 is 5.97 Å². The van der Waals surface area contributed by atoms with Crippen LogP contribution in [-0.4, -0.2) is 34.5 Å². The van der Waals surface area contributed by atoms with Gasteiger partial charge in [0.05, 0.1) is 11.6 Å². The largest absolute Gasteiger partial charge is 0.460 e. The Bertz CT molecular complexity index is 1160. The number of hydrogen-bond donors (Lipinski definition) is 0. The van der Waals surface area contributed by atoms with Crippen molar-refractivity contribution < 1.29 is 9.53 Å². The number of rotatable bonds is 5. The Labute approximate surface area is 196 Å². The Kier molecular flexibility index (Phi) is 6.76. The molecule has 0 amide bonds. The number of pyridine rings is 1. The highest BCUT2D eigenvalue weighted by Gasteiger charge is 2.24. The second-order valence-electron chi connectivity index (χ2n) is 9.94. The van der Waals surface area contributed by atoms with E-state index < -0.39 is 5.60 Å². The molecule has 0 unspecified atom stereocenters. The number of nitrogens with zero attached hydrogens (tertiary/aromatic N) is 3. The lowest BCUT2D eigenvalue weighted by Gasteiger charge is -2.32. The summed E-state index contributed by atoms with van der Waals surface area (Å²) < 4.78 is 5.49. The molecule has 5 nitrogen and oxygen atoms in total. The number of hydrogen-bond acceptors (Lipinski definition) is 5. The predicted molar refractivity (Wildman–Crippen MR) is 130 cm³/mol. The Morgan fingerprint density at radius 2 is 1.85 bits per heavy atom. The van der Waals surface area contributed by atoms with E-state index in [1.807, 2.05) is 57.4 Å². The topological polar surface area (TPSA) is 66.2 Å². The molecule has 0 spiro atoms. The molecule has 1 aliphatic rings. The zero-order valence-corrected chi connectivity index (χ0v) is 19.7. The van der Waals surface area contributed by atoms with Gasteiger partial charge in [-0.25, -0.2) is 0 Å². The smallest absolute Gasteiger partial charge is 0.306 e. The lowest BCUT2D eigenvalue weighted by molar-refractivity contribution is -0.156. The maximum Gasteiger partial charge on any atom is 0.306 e. The molecule has 2 aromatic carbocycles. The molecule has 0 N–H and O–H groups in total. The third-order valence-corrected chi connectivity index (χ3v) is 6.14. The van der Waals surface area contributed by atoms with Crippen LogP contribution in [0.2, 0.25) is 0 Å². The molecule has 0 saturated carbocycles. The molecule has 1 fully saturated rings. The van der Waals surface area contributed by atoms with Crippen LogP contribution in [0.4, 0.5) is 0 Å². The summed E-state index contributed by atoms with van der Waals surface area (Å²) in [4.78, 5) is 19.0. The lowest BCUT2D eigenvalue weighted by Crippen LogP contribution is -2.34. The first-order valence-corrected chi connectivity index (χ1v) is 11.6. The van der Waals surface area contributed by atoms with Crippen molar-refractivity contribution in [3.63, 3.8) is 0 Å². The highest BCUT2D eigenvalue weighted by atomic mass is 16.6. The van der Waals surface area contributed by atoms with Crippen LogP contribution in [0.1, 0.15) is 51.2 Å². The van der Waals surface area contributed by atoms with E-state index in [1.165, 1.54) is 10.9 Å². The summed E-state index contributed by atoms with van der Waals surface area (Å²) >= 11 is 0. The Balaban J connectivity index is 1.42. The molecule has 170 valence electrons. The SMILES string of the molecule is CC(C)(C)OC(=O)CC1CCN(Cc2ccc3cncc(-c4ccc(C#N)cc4)c3c2)CC1. The van der Waals surface area contributed by atoms with Crippen molar-refractivity contribution in [3.05, 3.63) is 66.0 Å². The highest BCUT2D eigenvalue weighted by molar-refractivity contribution is 5.96. The van der Waals surface area contributed by atoms with Gasteiger partial charge in [0.1, 0.15) is 5.60 Å². The molecule has 0 radical (unpaired) electrons. The average molecular weight is 442 g/mol. The second kappa shape index (κ2) is 9.72. The van der Waals surface area contributed by atoms with Crippen LogP contribution in [0.5, 0.6) is 0 Å². The summed E-state index contributed by atoms with van der Waals surface area (Å²) in [6.45, 7) is 8.62. The van der Waals surface area contributed by atoms with Gasteiger partial charge in [-0.3, -0.25) is 14.7 Å². The van der Waals surface area contributed by atoms with Gasteiger partial charge in [0.25, 0.3) is 0 Å². The maximum atomic E-state index is 12.2. The molecule has 33 heavy (non-hydrogen) atoms. The Morgan fingerprint density at radius 1 is 1.12 bits per heavy atom. The fourth-order valence-electron chi connectivity index (χ4n) is 4.49. The first-order chi connectivity index (χ1) is 15.8. The summed E-state index contributed by atoms with van der Waals surface area (Å²) in [7, 11) is 0. The summed E-state index contributed by atoms with van der Waals surface area (Å²) in [5, 5.41) is 11.4. The number of ether oxygens (including phenoxy) is 1. The van der Waals surface area contributed by atoms with Crippen molar-refractivity contribution in [1.29, 1.82) is 5.26 Å². The van der Waals surface area contributed by atoms with Gasteiger partial charge in [-0.05, 0) is 87.3 Å². The summed E-state index contributed by atoms with van der Waals surface area (Å²) in [6, 6.07) is 16.4. The van der Waals surface area contributed by atoms with E-state index in [4.69, 9.17) is 10.00 Å². The Hall–Kier alpha value is -3.23. The highest BCUT2D eigenvalue weighted by Crippen LogP contribution is 2.30. The van der Waals surface area contributed by atoms with Gasteiger partial charge in [-0.1, -0.05) is 24.3 Å². The number of carbonyl (C=O) groups is 1. The quantitative estimate of drug-likeness (QED) is 0.474. The van der Waals surface area contributed by atoms with E-state index in [-0.39, 0.29) is 5.97 Å². The minimum atomic E-state index is -0.417. The van der Waals surface area contributed by atoms with Crippen LogP contribution in [0.25, 0.3) is 21.9 Å². The van der Waals surface area contributed by atoms with Gasteiger partial charge in [0.2, 0.25) is 0 Å². The summed E-state index contributed by atoms with van der Waals surface area (Å²) in [5.41, 5.74) is 3.65. The first kappa shape index (κ1) is 22.9. The normalized spacial score (nSPS) is 15.3. The second-order valence-corrected chi connectivity index (χ2v) is 9.94. The van der Waals surface area contributed by atoms with E-state index in [1.54, 1.807) is 0 Å². The molecular formula is C28H31N3O2. The van der Waals surface area contributed by atoms with E-state index in [9.17, 15) is 4.79 Å². The molecule has 0 bridgehead atoms. The van der Waals surface area contributed by atoms with Crippen molar-refractivity contribution >= 4 is 16.7 Å². The van der Waals surface area contributed by atoms with Gasteiger partial charge in [0, 0.05) is 36.3 Å². The van der Waals surface area contributed by atoms with Crippen molar-refractivity contribution in [3.8, 4) is 17.2 Å². The number of aromatic nitrogens is 1.